The first-order valence-electron chi connectivity index (χ1n) is 5.74. The Morgan fingerprint density at radius 1 is 1.40 bits per heavy atom. The third-order valence-electron chi connectivity index (χ3n) is 2.25. The van der Waals surface area contributed by atoms with Crippen molar-refractivity contribution in [3.05, 3.63) is 0 Å². The van der Waals surface area contributed by atoms with Crippen molar-refractivity contribution in [1.82, 2.24) is 4.90 Å². The topological polar surface area (TPSA) is 34.1 Å². The van der Waals surface area contributed by atoms with Crippen molar-refractivity contribution in [1.29, 1.82) is 0 Å². The van der Waals surface area contributed by atoms with Gasteiger partial charge in [-0.15, -0.1) is 0 Å². The SMILES string of the molecule is CC(C)/C=N/OCCCN1CCOCC1. The van der Waals surface area contributed by atoms with E-state index in [1.165, 1.54) is 0 Å². The third-order valence-corrected chi connectivity index (χ3v) is 2.25. The fourth-order valence-electron chi connectivity index (χ4n) is 1.39. The van der Waals surface area contributed by atoms with E-state index in [-0.39, 0.29) is 0 Å². The summed E-state index contributed by atoms with van der Waals surface area (Å²) in [6, 6.07) is 0. The average molecular weight is 214 g/mol. The molecular weight excluding hydrogens is 192 g/mol. The first kappa shape index (κ1) is 12.5. The van der Waals surface area contributed by atoms with Gasteiger partial charge in [-0.05, 0) is 12.3 Å². The van der Waals surface area contributed by atoms with Gasteiger partial charge in [-0.2, -0.15) is 0 Å². The zero-order valence-corrected chi connectivity index (χ0v) is 9.82. The maximum atomic E-state index is 5.27. The number of rotatable bonds is 6. The smallest absolute Gasteiger partial charge is 0.118 e. The Balaban J connectivity index is 1.92. The number of oxime groups is 1. The molecule has 0 amide bonds. The van der Waals surface area contributed by atoms with Crippen LogP contribution in [0.25, 0.3) is 0 Å². The average Bonchev–Trinajstić information content (AvgIpc) is 2.24. The normalized spacial score (nSPS) is 18.9. The van der Waals surface area contributed by atoms with Crippen LogP contribution in [0.3, 0.4) is 0 Å². The molecule has 15 heavy (non-hydrogen) atoms. The highest BCUT2D eigenvalue weighted by Crippen LogP contribution is 1.98. The van der Waals surface area contributed by atoms with E-state index in [2.05, 4.69) is 23.9 Å². The van der Waals surface area contributed by atoms with E-state index in [4.69, 9.17) is 9.57 Å². The lowest BCUT2D eigenvalue weighted by Crippen LogP contribution is -2.37. The van der Waals surface area contributed by atoms with Crippen LogP contribution in [0.15, 0.2) is 5.16 Å². The number of hydrogen-bond acceptors (Lipinski definition) is 4. The number of nitrogens with zero attached hydrogens (tertiary/aromatic N) is 2. The summed E-state index contributed by atoms with van der Waals surface area (Å²) >= 11 is 0. The lowest BCUT2D eigenvalue weighted by molar-refractivity contribution is 0.0323. The van der Waals surface area contributed by atoms with E-state index in [0.717, 1.165) is 39.3 Å². The molecule has 0 bridgehead atoms. The van der Waals surface area contributed by atoms with Crippen LogP contribution in [0.1, 0.15) is 20.3 Å². The van der Waals surface area contributed by atoms with Crippen LogP contribution in [-0.4, -0.2) is 50.6 Å². The Morgan fingerprint density at radius 3 is 2.80 bits per heavy atom. The summed E-state index contributed by atoms with van der Waals surface area (Å²) < 4.78 is 5.27. The molecule has 1 aliphatic heterocycles. The van der Waals surface area contributed by atoms with E-state index in [9.17, 15) is 0 Å². The van der Waals surface area contributed by atoms with E-state index >= 15 is 0 Å². The molecule has 0 aliphatic carbocycles. The van der Waals surface area contributed by atoms with Gasteiger partial charge in [0.1, 0.15) is 6.61 Å². The summed E-state index contributed by atoms with van der Waals surface area (Å²) in [5.74, 6) is 0.462. The molecule has 0 N–H and O–H groups in total. The van der Waals surface area contributed by atoms with Crippen molar-refractivity contribution >= 4 is 6.21 Å². The molecule has 88 valence electrons. The van der Waals surface area contributed by atoms with Gasteiger partial charge in [-0.25, -0.2) is 0 Å². The summed E-state index contributed by atoms with van der Waals surface area (Å²) in [6.07, 6.45) is 2.87. The maximum absolute atomic E-state index is 5.27. The standard InChI is InChI=1S/C11H22N2O2/c1-11(2)10-12-15-7-3-4-13-5-8-14-9-6-13/h10-11H,3-9H2,1-2H3/b12-10+. The van der Waals surface area contributed by atoms with Crippen LogP contribution in [0, 0.1) is 5.92 Å². The molecule has 0 aromatic rings. The molecule has 0 aromatic carbocycles. The lowest BCUT2D eigenvalue weighted by atomic mass is 10.3. The Hall–Kier alpha value is -0.610. The molecule has 1 rings (SSSR count). The van der Waals surface area contributed by atoms with E-state index in [1.54, 1.807) is 0 Å². The van der Waals surface area contributed by atoms with Crippen LogP contribution in [-0.2, 0) is 9.57 Å². The van der Waals surface area contributed by atoms with Gasteiger partial charge >= 0.3 is 0 Å². The number of hydrogen-bond donors (Lipinski definition) is 0. The summed E-state index contributed by atoms with van der Waals surface area (Å²) in [6.45, 7) is 9.80. The van der Waals surface area contributed by atoms with Crippen molar-refractivity contribution in [3.63, 3.8) is 0 Å². The monoisotopic (exact) mass is 214 g/mol. The summed E-state index contributed by atoms with van der Waals surface area (Å²) in [7, 11) is 0. The first-order chi connectivity index (χ1) is 7.29. The van der Waals surface area contributed by atoms with Crippen molar-refractivity contribution in [2.75, 3.05) is 39.5 Å². The fraction of sp³-hybridized carbons (Fsp3) is 0.909. The second-order valence-corrected chi connectivity index (χ2v) is 4.14. The molecule has 0 atom stereocenters. The second-order valence-electron chi connectivity index (χ2n) is 4.14. The Labute approximate surface area is 92.2 Å². The molecule has 4 heteroatoms. The lowest BCUT2D eigenvalue weighted by Gasteiger charge is -2.26. The van der Waals surface area contributed by atoms with Gasteiger partial charge in [0.15, 0.2) is 0 Å². The molecule has 1 aliphatic rings. The van der Waals surface area contributed by atoms with Crippen LogP contribution < -0.4 is 0 Å². The predicted octanol–water partition coefficient (Wildman–Crippen LogP) is 1.37. The quantitative estimate of drug-likeness (QED) is 0.380. The molecule has 0 unspecified atom stereocenters. The van der Waals surface area contributed by atoms with Crippen LogP contribution in [0.5, 0.6) is 0 Å². The van der Waals surface area contributed by atoms with E-state index < -0.39 is 0 Å². The van der Waals surface area contributed by atoms with Gasteiger partial charge in [0, 0.05) is 25.8 Å². The number of morpholine rings is 1. The van der Waals surface area contributed by atoms with Crippen molar-refractivity contribution in [2.24, 2.45) is 11.1 Å². The zero-order chi connectivity index (χ0) is 10.9. The molecule has 4 nitrogen and oxygen atoms in total. The largest absolute Gasteiger partial charge is 0.396 e. The zero-order valence-electron chi connectivity index (χ0n) is 9.82. The highest BCUT2D eigenvalue weighted by Gasteiger charge is 2.08. The molecule has 0 aromatic heterocycles. The van der Waals surface area contributed by atoms with E-state index in [1.807, 2.05) is 6.21 Å². The Bertz CT molecular complexity index is 177. The molecule has 0 radical (unpaired) electrons. The molecule has 0 spiro atoms. The van der Waals surface area contributed by atoms with Crippen molar-refractivity contribution in [3.8, 4) is 0 Å². The van der Waals surface area contributed by atoms with Gasteiger partial charge in [0.05, 0.1) is 13.2 Å². The number of ether oxygens (including phenoxy) is 1. The van der Waals surface area contributed by atoms with Crippen molar-refractivity contribution < 1.29 is 9.57 Å². The summed E-state index contributed by atoms with van der Waals surface area (Å²) in [4.78, 5) is 7.55. The minimum absolute atomic E-state index is 0.462. The molecule has 1 saturated heterocycles. The minimum atomic E-state index is 0.462. The Morgan fingerprint density at radius 2 is 2.13 bits per heavy atom. The minimum Gasteiger partial charge on any atom is -0.396 e. The van der Waals surface area contributed by atoms with Crippen LogP contribution in [0.4, 0.5) is 0 Å². The maximum Gasteiger partial charge on any atom is 0.118 e. The van der Waals surface area contributed by atoms with Gasteiger partial charge in [-0.3, -0.25) is 4.90 Å². The Kier molecular flexibility index (Phi) is 6.36. The molecule has 1 heterocycles. The van der Waals surface area contributed by atoms with Crippen LogP contribution in [0.2, 0.25) is 0 Å². The fourth-order valence-corrected chi connectivity index (χ4v) is 1.39. The highest BCUT2D eigenvalue weighted by atomic mass is 16.6. The highest BCUT2D eigenvalue weighted by molar-refractivity contribution is 5.58. The first-order valence-corrected chi connectivity index (χ1v) is 5.74. The summed E-state index contributed by atoms with van der Waals surface area (Å²) in [5.41, 5.74) is 0. The summed E-state index contributed by atoms with van der Waals surface area (Å²) in [5, 5.41) is 3.89. The van der Waals surface area contributed by atoms with Gasteiger partial charge in [0.2, 0.25) is 0 Å². The third kappa shape index (κ3) is 6.47. The van der Waals surface area contributed by atoms with Gasteiger partial charge in [-0.1, -0.05) is 19.0 Å². The van der Waals surface area contributed by atoms with Gasteiger partial charge in [0.25, 0.3) is 0 Å². The van der Waals surface area contributed by atoms with E-state index in [0.29, 0.717) is 12.5 Å². The van der Waals surface area contributed by atoms with Crippen LogP contribution >= 0.6 is 0 Å². The van der Waals surface area contributed by atoms with Crippen molar-refractivity contribution in [2.45, 2.75) is 20.3 Å². The molecule has 0 saturated carbocycles. The molecule has 1 fully saturated rings. The predicted molar refractivity (Wildman–Crippen MR) is 61.2 cm³/mol. The van der Waals surface area contributed by atoms with Gasteiger partial charge < -0.3 is 9.57 Å². The second kappa shape index (κ2) is 7.65. The molecular formula is C11H22N2O2.